The summed E-state index contributed by atoms with van der Waals surface area (Å²) in [7, 11) is 0. The van der Waals surface area contributed by atoms with Gasteiger partial charge >= 0.3 is 0 Å². The van der Waals surface area contributed by atoms with E-state index in [9.17, 15) is 9.59 Å². The van der Waals surface area contributed by atoms with Crippen LogP contribution in [0.1, 0.15) is 22.6 Å². The molecule has 0 bridgehead atoms. The maximum Gasteiger partial charge on any atom is 0.280 e. The minimum atomic E-state index is -0.191. The van der Waals surface area contributed by atoms with Crippen LogP contribution >= 0.6 is 23.7 Å². The lowest BCUT2D eigenvalue weighted by Crippen LogP contribution is -2.50. The maximum absolute atomic E-state index is 12.2. The molecule has 23 heavy (non-hydrogen) atoms. The van der Waals surface area contributed by atoms with Gasteiger partial charge in [0, 0.05) is 18.2 Å². The molecule has 122 valence electrons. The quantitative estimate of drug-likeness (QED) is 0.443. The number of hydrogen-bond donors (Lipinski definition) is 3. The van der Waals surface area contributed by atoms with E-state index in [-0.39, 0.29) is 36.2 Å². The number of amides is 2. The van der Waals surface area contributed by atoms with Crippen LogP contribution in [-0.2, 0) is 4.79 Å². The lowest BCUT2D eigenvalue weighted by Gasteiger charge is -2.33. The van der Waals surface area contributed by atoms with Crippen molar-refractivity contribution in [2.75, 3.05) is 0 Å². The molecule has 1 aliphatic carbocycles. The molecular formula is C15H17ClN4O2S. The number of nitrogens with two attached hydrogens (primary N) is 1. The van der Waals surface area contributed by atoms with Crippen LogP contribution in [0.25, 0.3) is 10.4 Å². The van der Waals surface area contributed by atoms with E-state index >= 15 is 0 Å². The molecule has 6 nitrogen and oxygen atoms in total. The molecule has 4 N–H and O–H groups in total. The Labute approximate surface area is 143 Å². The summed E-state index contributed by atoms with van der Waals surface area (Å²) in [6, 6.07) is 9.83. The van der Waals surface area contributed by atoms with E-state index < -0.39 is 0 Å². The molecular weight excluding hydrogens is 336 g/mol. The highest BCUT2D eigenvalue weighted by atomic mass is 35.5. The van der Waals surface area contributed by atoms with Gasteiger partial charge in [-0.25, -0.2) is 10.8 Å². The van der Waals surface area contributed by atoms with Crippen LogP contribution in [0.5, 0.6) is 0 Å². The van der Waals surface area contributed by atoms with Crippen LogP contribution in [0.3, 0.4) is 0 Å². The molecule has 0 aliphatic heterocycles. The van der Waals surface area contributed by atoms with Crippen LogP contribution in [0.15, 0.2) is 36.5 Å². The van der Waals surface area contributed by atoms with Crippen LogP contribution in [0.2, 0.25) is 0 Å². The molecule has 0 saturated heterocycles. The predicted molar refractivity (Wildman–Crippen MR) is 91.1 cm³/mol. The summed E-state index contributed by atoms with van der Waals surface area (Å²) in [5.41, 5.74) is 3.18. The first kappa shape index (κ1) is 17.4. The smallest absolute Gasteiger partial charge is 0.280 e. The normalized spacial score (nSPS) is 19.2. The van der Waals surface area contributed by atoms with E-state index in [1.807, 2.05) is 30.3 Å². The maximum atomic E-state index is 12.2. The van der Waals surface area contributed by atoms with Crippen molar-refractivity contribution in [3.8, 4) is 10.4 Å². The van der Waals surface area contributed by atoms with Crippen molar-refractivity contribution >= 4 is 35.6 Å². The Morgan fingerprint density at radius 1 is 1.22 bits per heavy atom. The van der Waals surface area contributed by atoms with Crippen LogP contribution in [0.4, 0.5) is 0 Å². The van der Waals surface area contributed by atoms with Gasteiger partial charge in [-0.1, -0.05) is 30.3 Å². The number of aromatic nitrogens is 1. The lowest BCUT2D eigenvalue weighted by molar-refractivity contribution is -0.128. The summed E-state index contributed by atoms with van der Waals surface area (Å²) in [6.07, 6.45) is 2.94. The molecule has 0 radical (unpaired) electrons. The topological polar surface area (TPSA) is 97.1 Å². The second-order valence-electron chi connectivity index (χ2n) is 5.24. The van der Waals surface area contributed by atoms with Gasteiger partial charge in [-0.05, 0) is 18.4 Å². The average Bonchev–Trinajstić information content (AvgIpc) is 3.00. The van der Waals surface area contributed by atoms with E-state index in [0.717, 1.165) is 10.4 Å². The SMILES string of the molecule is Cl.NNC(=O)C1CC(NC(=O)c2ncc(-c3ccccc3)s2)C1. The summed E-state index contributed by atoms with van der Waals surface area (Å²) in [5, 5.41) is 3.33. The van der Waals surface area contributed by atoms with Gasteiger partial charge in [0.05, 0.1) is 4.88 Å². The third-order valence-electron chi connectivity index (χ3n) is 3.74. The van der Waals surface area contributed by atoms with Crippen LogP contribution < -0.4 is 16.6 Å². The number of nitrogens with one attached hydrogen (secondary N) is 2. The number of carbonyl (C=O) groups excluding carboxylic acids is 2. The number of hydrazine groups is 1. The summed E-state index contributed by atoms with van der Waals surface area (Å²) < 4.78 is 0. The summed E-state index contributed by atoms with van der Waals surface area (Å²) in [5.74, 6) is 4.61. The predicted octanol–water partition coefficient (Wildman–Crippen LogP) is 1.73. The molecule has 1 aromatic heterocycles. The second kappa shape index (κ2) is 7.54. The number of carbonyl (C=O) groups is 2. The monoisotopic (exact) mass is 352 g/mol. The molecule has 1 heterocycles. The van der Waals surface area contributed by atoms with E-state index in [1.54, 1.807) is 6.20 Å². The number of nitrogens with zero attached hydrogens (tertiary/aromatic N) is 1. The third-order valence-corrected chi connectivity index (χ3v) is 4.79. The number of hydrogen-bond acceptors (Lipinski definition) is 5. The van der Waals surface area contributed by atoms with Gasteiger partial charge in [0.2, 0.25) is 5.91 Å². The summed E-state index contributed by atoms with van der Waals surface area (Å²) in [6.45, 7) is 0. The van der Waals surface area contributed by atoms with Crippen molar-refractivity contribution in [3.63, 3.8) is 0 Å². The average molecular weight is 353 g/mol. The van der Waals surface area contributed by atoms with Crippen molar-refractivity contribution < 1.29 is 9.59 Å². The van der Waals surface area contributed by atoms with Gasteiger partial charge < -0.3 is 5.32 Å². The minimum absolute atomic E-state index is 0. The Morgan fingerprint density at radius 3 is 2.57 bits per heavy atom. The Morgan fingerprint density at radius 2 is 1.91 bits per heavy atom. The molecule has 1 aliphatic rings. The van der Waals surface area contributed by atoms with Crippen molar-refractivity contribution in [3.05, 3.63) is 41.5 Å². The second-order valence-corrected chi connectivity index (χ2v) is 6.27. The zero-order chi connectivity index (χ0) is 15.5. The van der Waals surface area contributed by atoms with Crippen LogP contribution in [0, 0.1) is 5.92 Å². The highest BCUT2D eigenvalue weighted by molar-refractivity contribution is 7.16. The molecule has 3 rings (SSSR count). The number of halogens is 1. The largest absolute Gasteiger partial charge is 0.347 e. The summed E-state index contributed by atoms with van der Waals surface area (Å²) in [4.78, 5) is 28.6. The fourth-order valence-corrected chi connectivity index (χ4v) is 3.25. The van der Waals surface area contributed by atoms with E-state index in [1.165, 1.54) is 11.3 Å². The highest BCUT2D eigenvalue weighted by Crippen LogP contribution is 2.29. The van der Waals surface area contributed by atoms with E-state index in [0.29, 0.717) is 17.8 Å². The molecule has 1 aromatic carbocycles. The molecule has 0 unspecified atom stereocenters. The molecule has 0 spiro atoms. The van der Waals surface area contributed by atoms with E-state index in [4.69, 9.17) is 5.84 Å². The standard InChI is InChI=1S/C15H16N4O2S.ClH/c16-19-13(20)10-6-11(7-10)18-14(21)15-17-8-12(22-15)9-4-2-1-3-5-9;/h1-5,8,10-11H,6-7,16H2,(H,18,21)(H,19,20);1H. The Balaban J connectivity index is 0.00000192. The highest BCUT2D eigenvalue weighted by Gasteiger charge is 2.35. The first-order valence-corrected chi connectivity index (χ1v) is 7.81. The molecule has 8 heteroatoms. The van der Waals surface area contributed by atoms with Crippen molar-refractivity contribution in [2.45, 2.75) is 18.9 Å². The van der Waals surface area contributed by atoms with Gasteiger partial charge in [0.1, 0.15) is 0 Å². The van der Waals surface area contributed by atoms with Crippen molar-refractivity contribution in [1.29, 1.82) is 0 Å². The van der Waals surface area contributed by atoms with Crippen molar-refractivity contribution in [2.24, 2.45) is 11.8 Å². The first-order chi connectivity index (χ1) is 10.7. The van der Waals surface area contributed by atoms with Crippen LogP contribution in [-0.4, -0.2) is 22.8 Å². The van der Waals surface area contributed by atoms with Gasteiger partial charge in [0.25, 0.3) is 5.91 Å². The molecule has 1 saturated carbocycles. The Kier molecular flexibility index (Phi) is 5.70. The number of thiazole rings is 1. The Hall–Kier alpha value is -1.96. The molecule has 2 aromatic rings. The Bertz CT molecular complexity index is 686. The zero-order valence-electron chi connectivity index (χ0n) is 12.2. The minimum Gasteiger partial charge on any atom is -0.347 e. The lowest BCUT2D eigenvalue weighted by atomic mass is 9.80. The fourth-order valence-electron chi connectivity index (χ4n) is 2.43. The first-order valence-electron chi connectivity index (χ1n) is 7.00. The molecule has 0 atom stereocenters. The third kappa shape index (κ3) is 3.87. The fraction of sp³-hybridized carbons (Fsp3) is 0.267. The van der Waals surface area contributed by atoms with E-state index in [2.05, 4.69) is 15.7 Å². The van der Waals surface area contributed by atoms with Gasteiger partial charge in [-0.3, -0.25) is 15.0 Å². The summed E-state index contributed by atoms with van der Waals surface area (Å²) >= 11 is 1.36. The zero-order valence-corrected chi connectivity index (χ0v) is 13.8. The van der Waals surface area contributed by atoms with Gasteiger partial charge in [-0.2, -0.15) is 0 Å². The number of benzene rings is 1. The molecule has 1 fully saturated rings. The van der Waals surface area contributed by atoms with Gasteiger partial charge in [-0.15, -0.1) is 23.7 Å². The number of rotatable bonds is 4. The van der Waals surface area contributed by atoms with Gasteiger partial charge in [0.15, 0.2) is 5.01 Å². The molecule has 2 amide bonds. The van der Waals surface area contributed by atoms with Crippen molar-refractivity contribution in [1.82, 2.24) is 15.7 Å².